The highest BCUT2D eigenvalue weighted by Gasteiger charge is 2.23. The van der Waals surface area contributed by atoms with E-state index in [9.17, 15) is 14.0 Å². The van der Waals surface area contributed by atoms with E-state index in [1.165, 1.54) is 13.2 Å². The first kappa shape index (κ1) is 15.8. The number of carbonyl (C=O) groups is 2. The average Bonchev–Trinajstić information content (AvgIpc) is 2.33. The Morgan fingerprint density at radius 3 is 2.74 bits per heavy atom. The van der Waals surface area contributed by atoms with Crippen molar-refractivity contribution in [1.29, 1.82) is 0 Å². The maximum Gasteiger partial charge on any atom is 0.326 e. The maximum atomic E-state index is 13.6. The number of methoxy groups -OCH3 is 1. The molecule has 5 nitrogen and oxygen atoms in total. The Bertz CT molecular complexity index is 461. The first-order valence-electron chi connectivity index (χ1n) is 5.44. The normalized spacial score (nSPS) is 11.9. The molecule has 104 valence electrons. The number of carboxylic acid groups (broad SMARTS) is 1. The Hall–Kier alpha value is -1.22. The van der Waals surface area contributed by atoms with Crippen LogP contribution in [0.4, 0.5) is 4.39 Å². The Kier molecular flexibility index (Phi) is 6.16. The first-order chi connectivity index (χ1) is 8.97. The van der Waals surface area contributed by atoms with Gasteiger partial charge in [-0.2, -0.15) is 0 Å². The fourth-order valence-corrected chi connectivity index (χ4v) is 2.15. The summed E-state index contributed by atoms with van der Waals surface area (Å²) in [6.45, 7) is 0.186. The number of nitrogens with one attached hydrogen (secondary N) is 1. The van der Waals surface area contributed by atoms with Crippen molar-refractivity contribution in [3.8, 4) is 0 Å². The van der Waals surface area contributed by atoms with Gasteiger partial charge >= 0.3 is 5.97 Å². The molecule has 1 aromatic rings. The van der Waals surface area contributed by atoms with Gasteiger partial charge in [0.2, 0.25) is 0 Å². The van der Waals surface area contributed by atoms with Gasteiger partial charge in [0.05, 0.1) is 5.56 Å². The van der Waals surface area contributed by atoms with E-state index in [0.717, 1.165) is 6.07 Å². The molecule has 1 unspecified atom stereocenters. The van der Waals surface area contributed by atoms with Crippen molar-refractivity contribution in [3.63, 3.8) is 0 Å². The molecule has 0 aliphatic heterocycles. The van der Waals surface area contributed by atoms with Crippen LogP contribution in [0.25, 0.3) is 0 Å². The van der Waals surface area contributed by atoms with Crippen molar-refractivity contribution in [2.75, 3.05) is 13.7 Å². The van der Waals surface area contributed by atoms with E-state index in [0.29, 0.717) is 3.57 Å². The fourth-order valence-electron chi connectivity index (χ4n) is 1.44. The van der Waals surface area contributed by atoms with Gasteiger partial charge in [0.25, 0.3) is 5.91 Å². The third-order valence-electron chi connectivity index (χ3n) is 2.40. The molecular formula is C12H13FINO4. The number of hydrogen-bond acceptors (Lipinski definition) is 3. The van der Waals surface area contributed by atoms with E-state index in [1.54, 1.807) is 6.07 Å². The van der Waals surface area contributed by atoms with Gasteiger partial charge in [0.15, 0.2) is 0 Å². The monoisotopic (exact) mass is 381 g/mol. The van der Waals surface area contributed by atoms with Gasteiger partial charge in [0, 0.05) is 23.7 Å². The predicted octanol–water partition coefficient (Wildman–Crippen LogP) is 1.65. The fraction of sp³-hybridized carbons (Fsp3) is 0.333. The van der Waals surface area contributed by atoms with Crippen molar-refractivity contribution in [3.05, 3.63) is 33.1 Å². The molecule has 0 fully saturated rings. The molecule has 1 atom stereocenters. The van der Waals surface area contributed by atoms with Crippen LogP contribution in [-0.4, -0.2) is 36.7 Å². The molecule has 0 saturated carbocycles. The van der Waals surface area contributed by atoms with E-state index in [1.807, 2.05) is 22.6 Å². The number of rotatable bonds is 6. The number of carboxylic acids is 1. The second-order valence-corrected chi connectivity index (χ2v) is 4.90. The number of benzene rings is 1. The highest BCUT2D eigenvalue weighted by Crippen LogP contribution is 2.16. The molecule has 2 N–H and O–H groups in total. The van der Waals surface area contributed by atoms with Crippen molar-refractivity contribution < 1.29 is 23.8 Å². The lowest BCUT2D eigenvalue weighted by molar-refractivity contribution is -0.139. The molecule has 0 heterocycles. The van der Waals surface area contributed by atoms with E-state index in [2.05, 4.69) is 5.32 Å². The number of carbonyl (C=O) groups excluding carboxylic acids is 1. The molecule has 1 amide bonds. The highest BCUT2D eigenvalue weighted by molar-refractivity contribution is 14.1. The van der Waals surface area contributed by atoms with Crippen LogP contribution in [0.15, 0.2) is 18.2 Å². The van der Waals surface area contributed by atoms with Crippen molar-refractivity contribution in [2.24, 2.45) is 0 Å². The van der Waals surface area contributed by atoms with Gasteiger partial charge < -0.3 is 15.2 Å². The Morgan fingerprint density at radius 2 is 2.21 bits per heavy atom. The van der Waals surface area contributed by atoms with E-state index in [-0.39, 0.29) is 18.6 Å². The molecule has 0 aliphatic rings. The molecule has 0 radical (unpaired) electrons. The Morgan fingerprint density at radius 1 is 1.53 bits per heavy atom. The molecule has 7 heteroatoms. The third-order valence-corrected chi connectivity index (χ3v) is 3.30. The summed E-state index contributed by atoms with van der Waals surface area (Å²) < 4.78 is 18.8. The molecule has 1 rings (SSSR count). The zero-order chi connectivity index (χ0) is 14.4. The predicted molar refractivity (Wildman–Crippen MR) is 74.5 cm³/mol. The molecule has 19 heavy (non-hydrogen) atoms. The summed E-state index contributed by atoms with van der Waals surface area (Å²) in [4.78, 5) is 22.9. The topological polar surface area (TPSA) is 75.6 Å². The van der Waals surface area contributed by atoms with Gasteiger partial charge in [-0.15, -0.1) is 0 Å². The van der Waals surface area contributed by atoms with Crippen molar-refractivity contribution in [2.45, 2.75) is 12.5 Å². The SMILES string of the molecule is COCCC(NC(=O)c1c(F)cccc1I)C(=O)O. The van der Waals surface area contributed by atoms with Gasteiger partial charge in [-0.1, -0.05) is 6.07 Å². The molecule has 0 aliphatic carbocycles. The van der Waals surface area contributed by atoms with E-state index < -0.39 is 23.7 Å². The quantitative estimate of drug-likeness (QED) is 0.735. The lowest BCUT2D eigenvalue weighted by Gasteiger charge is -2.15. The smallest absolute Gasteiger partial charge is 0.326 e. The maximum absolute atomic E-state index is 13.6. The van der Waals surface area contributed by atoms with Crippen molar-refractivity contribution in [1.82, 2.24) is 5.32 Å². The van der Waals surface area contributed by atoms with Crippen LogP contribution in [0.3, 0.4) is 0 Å². The summed E-state index contributed by atoms with van der Waals surface area (Å²) >= 11 is 1.82. The number of aliphatic carboxylic acids is 1. The second kappa shape index (κ2) is 7.39. The van der Waals surface area contributed by atoms with Gasteiger partial charge in [-0.05, 0) is 34.7 Å². The van der Waals surface area contributed by atoms with Gasteiger partial charge in [-0.25, -0.2) is 9.18 Å². The Balaban J connectivity index is 2.85. The number of halogens is 2. The van der Waals surface area contributed by atoms with Crippen LogP contribution in [0, 0.1) is 9.39 Å². The molecule has 0 saturated heterocycles. The van der Waals surface area contributed by atoms with Gasteiger partial charge in [0.1, 0.15) is 11.9 Å². The minimum Gasteiger partial charge on any atom is -0.480 e. The minimum atomic E-state index is -1.18. The van der Waals surface area contributed by atoms with Gasteiger partial charge in [-0.3, -0.25) is 4.79 Å². The highest BCUT2D eigenvalue weighted by atomic mass is 127. The minimum absolute atomic E-state index is 0.114. The lowest BCUT2D eigenvalue weighted by Crippen LogP contribution is -2.42. The summed E-state index contributed by atoms with van der Waals surface area (Å²) in [5.41, 5.74) is -0.147. The number of ether oxygens (including phenoxy) is 1. The molecular weight excluding hydrogens is 368 g/mol. The van der Waals surface area contributed by atoms with Crippen LogP contribution in [0.2, 0.25) is 0 Å². The largest absolute Gasteiger partial charge is 0.480 e. The van der Waals surface area contributed by atoms with Crippen LogP contribution in [0.1, 0.15) is 16.8 Å². The molecule has 0 spiro atoms. The van der Waals surface area contributed by atoms with Crippen molar-refractivity contribution >= 4 is 34.5 Å². The molecule has 1 aromatic carbocycles. The zero-order valence-corrected chi connectivity index (χ0v) is 12.3. The summed E-state index contributed by atoms with van der Waals surface area (Å²) in [5, 5.41) is 11.3. The Labute approximate surface area is 123 Å². The molecule has 0 bridgehead atoms. The first-order valence-corrected chi connectivity index (χ1v) is 6.52. The van der Waals surface area contributed by atoms with Crippen LogP contribution in [0.5, 0.6) is 0 Å². The van der Waals surface area contributed by atoms with E-state index >= 15 is 0 Å². The van der Waals surface area contributed by atoms with E-state index in [4.69, 9.17) is 9.84 Å². The zero-order valence-electron chi connectivity index (χ0n) is 10.2. The lowest BCUT2D eigenvalue weighted by atomic mass is 10.1. The summed E-state index contributed by atoms with van der Waals surface area (Å²) in [6, 6.07) is 3.10. The average molecular weight is 381 g/mol. The summed E-state index contributed by atoms with van der Waals surface area (Å²) in [6.07, 6.45) is 0.114. The van der Waals surface area contributed by atoms with Crippen LogP contribution < -0.4 is 5.32 Å². The third kappa shape index (κ3) is 4.43. The summed E-state index contributed by atoms with van der Waals surface area (Å²) in [5.74, 6) is -2.61. The summed E-state index contributed by atoms with van der Waals surface area (Å²) in [7, 11) is 1.43. The standard InChI is InChI=1S/C12H13FINO4/c1-19-6-5-9(12(17)18)15-11(16)10-7(13)3-2-4-8(10)14/h2-4,9H,5-6H2,1H3,(H,15,16)(H,17,18). The molecule has 0 aromatic heterocycles. The van der Waals surface area contributed by atoms with Crippen LogP contribution >= 0.6 is 22.6 Å². The number of hydrogen-bond donors (Lipinski definition) is 2. The second-order valence-electron chi connectivity index (χ2n) is 3.74. The number of amides is 1. The van der Waals surface area contributed by atoms with Crippen LogP contribution in [-0.2, 0) is 9.53 Å².